The Hall–Kier alpha value is -3.44. The molecule has 0 aromatic carbocycles. The van der Waals surface area contributed by atoms with Crippen LogP contribution in [0.3, 0.4) is 0 Å². The van der Waals surface area contributed by atoms with Gasteiger partial charge >= 0.3 is 5.97 Å². The standard InChI is InChI=1S/C20H33N9O3/c1-28(2)17-16-18(25-12-24-17)29(13-26-16)11-6-4-3-5-9-15(30)27-14(19(31)32)8-7-10-23-20(21)22/h12-14H,3-11H2,1-2H3,(H,27,30)(H,31,32)(H4,21,22,23)/t14-/m1/s1. The van der Waals surface area contributed by atoms with E-state index in [0.29, 0.717) is 25.8 Å². The van der Waals surface area contributed by atoms with E-state index in [0.717, 1.165) is 42.8 Å². The first kappa shape index (κ1) is 24.8. The van der Waals surface area contributed by atoms with Gasteiger partial charge in [0.1, 0.15) is 12.4 Å². The van der Waals surface area contributed by atoms with Crippen LogP contribution in [0.2, 0.25) is 0 Å². The molecule has 0 aliphatic heterocycles. The highest BCUT2D eigenvalue weighted by molar-refractivity contribution is 5.83. The predicted molar refractivity (Wildman–Crippen MR) is 122 cm³/mol. The average Bonchev–Trinajstić information content (AvgIpc) is 3.15. The van der Waals surface area contributed by atoms with Crippen molar-refractivity contribution in [2.24, 2.45) is 16.5 Å². The minimum absolute atomic E-state index is 0.0336. The summed E-state index contributed by atoms with van der Waals surface area (Å²) >= 11 is 0. The van der Waals surface area contributed by atoms with E-state index in [1.165, 1.54) is 0 Å². The number of hydrogen-bond acceptors (Lipinski definition) is 7. The van der Waals surface area contributed by atoms with Crippen LogP contribution in [-0.4, -0.2) is 69.1 Å². The molecule has 0 fully saturated rings. The van der Waals surface area contributed by atoms with Crippen molar-refractivity contribution in [3.05, 3.63) is 12.7 Å². The van der Waals surface area contributed by atoms with Gasteiger partial charge in [-0.25, -0.2) is 19.7 Å². The van der Waals surface area contributed by atoms with Crippen LogP contribution in [0.15, 0.2) is 17.6 Å². The molecule has 2 aromatic heterocycles. The van der Waals surface area contributed by atoms with E-state index in [1.807, 2.05) is 23.6 Å². The summed E-state index contributed by atoms with van der Waals surface area (Å²) in [5.74, 6) is -0.561. The van der Waals surface area contributed by atoms with Crippen LogP contribution in [0, 0.1) is 0 Å². The largest absolute Gasteiger partial charge is 0.480 e. The quantitative estimate of drug-likeness (QED) is 0.182. The highest BCUT2D eigenvalue weighted by Gasteiger charge is 2.19. The molecular formula is C20H33N9O3. The smallest absolute Gasteiger partial charge is 0.326 e. The summed E-state index contributed by atoms with van der Waals surface area (Å²) in [6, 6.07) is -0.930. The van der Waals surface area contributed by atoms with Gasteiger partial charge in [-0.2, -0.15) is 0 Å². The summed E-state index contributed by atoms with van der Waals surface area (Å²) in [4.78, 5) is 42.2. The topological polar surface area (TPSA) is 178 Å². The molecule has 1 atom stereocenters. The van der Waals surface area contributed by atoms with E-state index in [-0.39, 0.29) is 18.3 Å². The molecule has 0 aliphatic carbocycles. The molecule has 0 saturated carbocycles. The fourth-order valence-electron chi connectivity index (χ4n) is 3.31. The molecule has 176 valence electrons. The lowest BCUT2D eigenvalue weighted by molar-refractivity contribution is -0.142. The number of hydrogen-bond donors (Lipinski definition) is 4. The summed E-state index contributed by atoms with van der Waals surface area (Å²) in [5, 5.41) is 11.8. The number of fused-ring (bicyclic) bond motifs is 1. The van der Waals surface area contributed by atoms with Crippen molar-refractivity contribution in [2.75, 3.05) is 25.5 Å². The number of amides is 1. The number of aryl methyl sites for hydroxylation is 1. The average molecular weight is 448 g/mol. The fraction of sp³-hybridized carbons (Fsp3) is 0.600. The van der Waals surface area contributed by atoms with Gasteiger partial charge in [0, 0.05) is 33.6 Å². The molecule has 0 radical (unpaired) electrons. The Morgan fingerprint density at radius 3 is 2.59 bits per heavy atom. The van der Waals surface area contributed by atoms with Gasteiger partial charge in [-0.15, -0.1) is 0 Å². The number of nitrogens with one attached hydrogen (secondary N) is 1. The second-order valence-corrected chi connectivity index (χ2v) is 7.77. The maximum absolute atomic E-state index is 12.1. The zero-order valence-electron chi connectivity index (χ0n) is 18.7. The molecular weight excluding hydrogens is 414 g/mol. The number of anilines is 1. The normalized spacial score (nSPS) is 11.8. The van der Waals surface area contributed by atoms with Crippen LogP contribution < -0.4 is 21.7 Å². The second-order valence-electron chi connectivity index (χ2n) is 7.77. The van der Waals surface area contributed by atoms with Crippen LogP contribution in [0.1, 0.15) is 44.9 Å². The summed E-state index contributed by atoms with van der Waals surface area (Å²) < 4.78 is 2.01. The summed E-state index contributed by atoms with van der Waals surface area (Å²) in [6.45, 7) is 1.11. The van der Waals surface area contributed by atoms with Gasteiger partial charge in [0.05, 0.1) is 6.33 Å². The third-order valence-corrected chi connectivity index (χ3v) is 4.94. The van der Waals surface area contributed by atoms with Gasteiger partial charge < -0.3 is 31.4 Å². The Morgan fingerprint density at radius 1 is 1.16 bits per heavy atom. The predicted octanol–water partition coefficient (Wildman–Crippen LogP) is 0.466. The van der Waals surface area contributed by atoms with Crippen molar-refractivity contribution in [1.82, 2.24) is 24.8 Å². The summed E-state index contributed by atoms with van der Waals surface area (Å²) in [7, 11) is 3.84. The Labute approximate surface area is 187 Å². The zero-order chi connectivity index (χ0) is 23.5. The number of carboxylic acids is 1. The molecule has 1 amide bonds. The maximum Gasteiger partial charge on any atom is 0.326 e. The maximum atomic E-state index is 12.1. The molecule has 32 heavy (non-hydrogen) atoms. The van der Waals surface area contributed by atoms with Gasteiger partial charge in [0.25, 0.3) is 0 Å². The van der Waals surface area contributed by atoms with E-state index >= 15 is 0 Å². The van der Waals surface area contributed by atoms with E-state index in [1.54, 1.807) is 12.7 Å². The lowest BCUT2D eigenvalue weighted by atomic mass is 10.1. The molecule has 0 saturated heterocycles. The molecule has 2 heterocycles. The van der Waals surface area contributed by atoms with Gasteiger partial charge in [0.15, 0.2) is 22.9 Å². The number of imidazole rings is 1. The number of unbranched alkanes of at least 4 members (excludes halogenated alkanes) is 3. The van der Waals surface area contributed by atoms with Crippen LogP contribution >= 0.6 is 0 Å². The summed E-state index contributed by atoms with van der Waals surface area (Å²) in [6.07, 6.45) is 7.80. The number of carboxylic acid groups (broad SMARTS) is 1. The minimum Gasteiger partial charge on any atom is -0.480 e. The highest BCUT2D eigenvalue weighted by atomic mass is 16.4. The van der Waals surface area contributed by atoms with Crippen LogP contribution in [-0.2, 0) is 16.1 Å². The first-order valence-electron chi connectivity index (χ1n) is 10.7. The van der Waals surface area contributed by atoms with E-state index in [2.05, 4.69) is 25.3 Å². The van der Waals surface area contributed by atoms with E-state index in [4.69, 9.17) is 11.5 Å². The number of nitrogens with zero attached hydrogens (tertiary/aromatic N) is 6. The first-order chi connectivity index (χ1) is 15.3. The van der Waals surface area contributed by atoms with Crippen molar-refractivity contribution in [2.45, 2.75) is 57.5 Å². The summed E-state index contributed by atoms with van der Waals surface area (Å²) in [5.41, 5.74) is 12.1. The van der Waals surface area contributed by atoms with Crippen LogP contribution in [0.5, 0.6) is 0 Å². The third-order valence-electron chi connectivity index (χ3n) is 4.94. The molecule has 12 heteroatoms. The van der Waals surface area contributed by atoms with Crippen molar-refractivity contribution >= 4 is 34.8 Å². The Kier molecular flexibility index (Phi) is 9.64. The third kappa shape index (κ3) is 7.67. The van der Waals surface area contributed by atoms with E-state index < -0.39 is 12.0 Å². The number of guanidine groups is 1. The number of rotatable bonds is 14. The van der Waals surface area contributed by atoms with Crippen molar-refractivity contribution in [1.29, 1.82) is 0 Å². The lowest BCUT2D eigenvalue weighted by Gasteiger charge is -2.14. The second kappa shape index (κ2) is 12.4. The lowest BCUT2D eigenvalue weighted by Crippen LogP contribution is -2.40. The molecule has 0 aliphatic rings. The number of carbonyl (C=O) groups excluding carboxylic acids is 1. The van der Waals surface area contributed by atoms with Crippen molar-refractivity contribution < 1.29 is 14.7 Å². The van der Waals surface area contributed by atoms with Gasteiger partial charge in [-0.1, -0.05) is 12.8 Å². The van der Waals surface area contributed by atoms with Crippen LogP contribution in [0.25, 0.3) is 11.2 Å². The number of nitrogens with two attached hydrogens (primary N) is 2. The minimum atomic E-state index is -1.06. The van der Waals surface area contributed by atoms with Crippen LogP contribution in [0.4, 0.5) is 5.82 Å². The van der Waals surface area contributed by atoms with Gasteiger partial charge in [0.2, 0.25) is 5.91 Å². The van der Waals surface area contributed by atoms with E-state index in [9.17, 15) is 14.7 Å². The fourth-order valence-corrected chi connectivity index (χ4v) is 3.31. The first-order valence-corrected chi connectivity index (χ1v) is 10.7. The monoisotopic (exact) mass is 447 g/mol. The number of aliphatic carboxylic acids is 1. The zero-order valence-corrected chi connectivity index (χ0v) is 18.7. The highest BCUT2D eigenvalue weighted by Crippen LogP contribution is 2.19. The molecule has 0 bridgehead atoms. The Bertz CT molecular complexity index is 922. The SMILES string of the molecule is CN(C)c1ncnc2c1ncn2CCCCCCC(=O)N[C@H](CCCN=C(N)N)C(=O)O. The molecule has 2 aromatic rings. The number of aliphatic imine (C=N–C) groups is 1. The van der Waals surface area contributed by atoms with Crippen molar-refractivity contribution in [3.8, 4) is 0 Å². The Balaban J connectivity index is 1.67. The molecule has 0 spiro atoms. The van der Waals surface area contributed by atoms with Gasteiger partial charge in [-0.05, 0) is 25.7 Å². The molecule has 2 rings (SSSR count). The van der Waals surface area contributed by atoms with Gasteiger partial charge in [-0.3, -0.25) is 9.79 Å². The molecule has 0 unspecified atom stereocenters. The van der Waals surface area contributed by atoms with Crippen molar-refractivity contribution in [3.63, 3.8) is 0 Å². The number of carbonyl (C=O) groups is 2. The Morgan fingerprint density at radius 2 is 1.91 bits per heavy atom. The number of aromatic nitrogens is 4. The molecule has 6 N–H and O–H groups in total. The molecule has 12 nitrogen and oxygen atoms in total.